The van der Waals surface area contributed by atoms with E-state index in [2.05, 4.69) is 258 Å². The molecule has 8 aromatic carbocycles. The molecule has 427 valence electrons. The molecule has 0 N–H and O–H groups in total. The molecule has 0 bridgehead atoms. The van der Waals surface area contributed by atoms with Crippen molar-refractivity contribution in [2.75, 3.05) is 0 Å². The molecule has 0 aromatic heterocycles. The van der Waals surface area contributed by atoms with Gasteiger partial charge < -0.3 is 26.4 Å². The van der Waals surface area contributed by atoms with Crippen molar-refractivity contribution in [3.63, 3.8) is 0 Å². The van der Waals surface area contributed by atoms with Crippen LogP contribution < -0.4 is 0 Å². The van der Waals surface area contributed by atoms with Crippen LogP contribution in [-0.2, 0) is 54.9 Å². The summed E-state index contributed by atoms with van der Waals surface area (Å²) in [5.74, 6) is 4.83. The Morgan fingerprint density at radius 1 is 0.372 bits per heavy atom. The summed E-state index contributed by atoms with van der Waals surface area (Å²) >= 11 is 2.34. The first kappa shape index (κ1) is 77.1. The van der Waals surface area contributed by atoms with Gasteiger partial charge in [-0.05, 0) is 60.2 Å². The van der Waals surface area contributed by atoms with Gasteiger partial charge in [-0.1, -0.05) is 207 Å². The zero-order chi connectivity index (χ0) is 58.3. The van der Waals surface area contributed by atoms with Crippen molar-refractivity contribution in [1.82, 2.24) is 0 Å². The van der Waals surface area contributed by atoms with Gasteiger partial charge in [0.1, 0.15) is 0 Å². The summed E-state index contributed by atoms with van der Waals surface area (Å²) in [5, 5.41) is 11.5. The molecule has 78 heavy (non-hydrogen) atoms. The van der Waals surface area contributed by atoms with E-state index in [1.54, 1.807) is 8.15 Å². The number of aryl methyl sites for hydroxylation is 4. The third-order valence-electron chi connectivity index (χ3n) is 13.9. The van der Waals surface area contributed by atoms with Gasteiger partial charge in [-0.2, -0.15) is 52.0 Å². The first-order valence-corrected chi connectivity index (χ1v) is 33.4. The number of fused-ring (bicyclic) bond motifs is 4. The Morgan fingerprint density at radius 3 is 0.744 bits per heavy atom. The molecule has 0 atom stereocenters. The molecule has 8 rings (SSSR count). The second kappa shape index (κ2) is 38.7. The average Bonchev–Trinajstić information content (AvgIpc) is 4.18. The van der Waals surface area contributed by atoms with Crippen LogP contribution in [0.15, 0.2) is 97.1 Å². The minimum atomic E-state index is 0. The number of rotatable bonds is 10. The fraction of sp³-hybridized carbons (Fsp3) is 0.459. The van der Waals surface area contributed by atoms with Crippen LogP contribution in [0.3, 0.4) is 0 Å². The molecule has 0 nitrogen and oxygen atoms in total. The Bertz CT molecular complexity index is 2700. The average molecular weight is 1290 g/mol. The van der Waals surface area contributed by atoms with Crippen LogP contribution >= 0.6 is 0 Å². The maximum atomic E-state index is 4.53. The van der Waals surface area contributed by atoms with Crippen LogP contribution in [0.5, 0.6) is 0 Å². The van der Waals surface area contributed by atoms with Crippen LogP contribution in [0.4, 0.5) is 0 Å². The van der Waals surface area contributed by atoms with Crippen LogP contribution in [0.2, 0.25) is 0 Å². The minimum absolute atomic E-state index is 0. The molecule has 0 amide bonds. The standard InChI is InChI=1S/2C17H23.2C16H21.2C3H7.CH3Si.CH3.Hf.H2Si.V/c2*1-6-13-7-15-9-14(11(2)3)10-16(12(4)5)17(15)8-13;2*1-10(2)13-8-14-6-12(5)7-16(14)15(9-13)11(3)4;2*1-3-2;1-2;;;;/h2*7-12H,6H2,1-5H3;2*6-11H,1-5H3;2*3H,1-2H3;1H,2H2;1H3;;1H2;/q8*-1;+4;;. The van der Waals surface area contributed by atoms with Gasteiger partial charge in [-0.25, -0.2) is 9.85 Å². The Hall–Kier alpha value is -2.92. The zero-order valence-electron chi connectivity index (χ0n) is 54.4. The summed E-state index contributed by atoms with van der Waals surface area (Å²) in [7, 11) is 3.16. The van der Waals surface area contributed by atoms with Crippen molar-refractivity contribution in [3.8, 4) is 0 Å². The Labute approximate surface area is 515 Å². The quantitative estimate of drug-likeness (QED) is 0.0946. The van der Waals surface area contributed by atoms with E-state index in [-0.39, 0.29) is 33.3 Å². The van der Waals surface area contributed by atoms with Crippen LogP contribution in [0.25, 0.3) is 43.1 Å². The Balaban J connectivity index is 0. The molecule has 8 aromatic rings. The predicted molar refractivity (Wildman–Crippen MR) is 360 cm³/mol. The van der Waals surface area contributed by atoms with Crippen molar-refractivity contribution in [1.29, 1.82) is 0 Å². The van der Waals surface area contributed by atoms with E-state index >= 15 is 0 Å². The number of hydrogen-bond donors (Lipinski definition) is 0. The molecule has 4 heteroatoms. The molecule has 0 spiro atoms. The van der Waals surface area contributed by atoms with Crippen LogP contribution in [-0.4, -0.2) is 24.2 Å². The topological polar surface area (TPSA) is 0 Å². The van der Waals surface area contributed by atoms with Gasteiger partial charge in [-0.3, -0.25) is 0 Å². The summed E-state index contributed by atoms with van der Waals surface area (Å²) in [5.41, 5.74) is 17.5. The fourth-order valence-corrected chi connectivity index (χ4v) is 9.57. The van der Waals surface area contributed by atoms with E-state index in [1.165, 1.54) is 120 Å². The fourth-order valence-electron chi connectivity index (χ4n) is 9.57. The predicted octanol–water partition coefficient (Wildman–Crippen LogP) is 21.9. The zero-order valence-corrected chi connectivity index (χ0v) is 62.2. The van der Waals surface area contributed by atoms with Crippen molar-refractivity contribution < 1.29 is 42.1 Å². The van der Waals surface area contributed by atoms with Crippen molar-refractivity contribution in [3.05, 3.63) is 184 Å². The van der Waals surface area contributed by atoms with Gasteiger partial charge in [0, 0.05) is 0 Å². The summed E-state index contributed by atoms with van der Waals surface area (Å²) < 4.78 is 0. The molecule has 0 heterocycles. The third kappa shape index (κ3) is 22.8. The monoisotopic (exact) mass is 1290 g/mol. The molecule has 0 radical (unpaired) electrons. The molecule has 0 aliphatic carbocycles. The van der Waals surface area contributed by atoms with E-state index < -0.39 is 0 Å². The second-order valence-corrected chi connectivity index (χ2v) is 23.3. The second-order valence-electron chi connectivity index (χ2n) is 23.3. The molecule has 0 saturated carbocycles. The van der Waals surface area contributed by atoms with Crippen molar-refractivity contribution >= 4 is 67.3 Å². The van der Waals surface area contributed by atoms with Gasteiger partial charge in [-0.15, -0.1) is 114 Å². The van der Waals surface area contributed by atoms with Crippen molar-refractivity contribution in [2.24, 2.45) is 0 Å². The Morgan fingerprint density at radius 2 is 0.564 bits per heavy atom. The normalized spacial score (nSPS) is 10.7. The Kier molecular flexibility index (Phi) is 38.3. The van der Waals surface area contributed by atoms with Crippen molar-refractivity contribution in [2.45, 2.75) is 226 Å². The summed E-state index contributed by atoms with van der Waals surface area (Å²) in [4.78, 5) is 0. The molecule has 0 saturated heterocycles. The van der Waals surface area contributed by atoms with Gasteiger partial charge in [0.2, 0.25) is 0 Å². The third-order valence-corrected chi connectivity index (χ3v) is 13.9. The molecule has 0 aliphatic heterocycles. The van der Waals surface area contributed by atoms with Gasteiger partial charge in [0.25, 0.3) is 0 Å². The summed E-state index contributed by atoms with van der Waals surface area (Å²) in [6, 6.07) is 37.7. The molecule has 0 aliphatic rings. The maximum absolute atomic E-state index is 4.53. The molecular formula is C74H110HfSi2V-4. The van der Waals surface area contributed by atoms with E-state index in [1.807, 2.05) is 40.5 Å². The molecule has 0 unspecified atom stereocenters. The van der Waals surface area contributed by atoms with Crippen LogP contribution in [0.1, 0.15) is 266 Å². The number of hydrogen-bond acceptors (Lipinski definition) is 0. The SMILES string of the molecule is CCc1cc2c(C(C)C)cc(C(C)C)cc2[cH-]1.CCc1cc2c(C(C)C)cc(C(C)C)cc2[cH-]1.C[CH-]C.C[CH-]C.Cc1cc2c(C(C)C)cc(C(C)C)cc2[cH-]1.Cc1cc2c(C(C)C)cc(C(C)C)cc2[cH-]1.[CH-]=[SiH2].[CH3-].[Hf+4].[SiH2]=[V]. The van der Waals surface area contributed by atoms with Gasteiger partial charge in [0.05, 0.1) is 0 Å². The first-order chi connectivity index (χ1) is 35.8. The van der Waals surface area contributed by atoms with E-state index in [4.69, 9.17) is 0 Å². The van der Waals surface area contributed by atoms with Gasteiger partial charge >= 0.3 is 50.2 Å². The first-order valence-electron chi connectivity index (χ1n) is 28.9. The van der Waals surface area contributed by atoms with Gasteiger partial charge in [0.15, 0.2) is 0 Å². The van der Waals surface area contributed by atoms with E-state index in [9.17, 15) is 0 Å². The summed E-state index contributed by atoms with van der Waals surface area (Å²) in [6.45, 7) is 53.2. The van der Waals surface area contributed by atoms with Crippen LogP contribution in [0, 0.1) is 34.1 Å². The van der Waals surface area contributed by atoms with E-state index in [0.29, 0.717) is 47.3 Å². The van der Waals surface area contributed by atoms with E-state index in [0.717, 1.165) is 12.8 Å². The molecule has 0 fully saturated rings. The summed E-state index contributed by atoms with van der Waals surface area (Å²) in [6.07, 6.45) is 10.8. The number of benzene rings is 4. The molecular weight excluding hydrogens is 1170 g/mol.